The summed E-state index contributed by atoms with van der Waals surface area (Å²) in [6, 6.07) is 69.4. The Morgan fingerprint density at radius 2 is 0.861 bits per heavy atom. The molecule has 0 radical (unpaired) electrons. The first-order valence-corrected chi connectivity index (χ1v) is 43.3. The van der Waals surface area contributed by atoms with Crippen LogP contribution in [0.15, 0.2) is 290 Å². The summed E-state index contributed by atoms with van der Waals surface area (Å²) in [7, 11) is 3.25. The molecule has 0 aromatic heterocycles. The molecule has 558 valence electrons. The predicted octanol–water partition coefficient (Wildman–Crippen LogP) is 26.2. The number of benzene rings is 11. The minimum absolute atomic E-state index is 0. The Morgan fingerprint density at radius 3 is 1.37 bits per heavy atom. The maximum atomic E-state index is 13.9. The molecule has 4 aliphatic heterocycles. The van der Waals surface area contributed by atoms with Crippen molar-refractivity contribution in [3.05, 3.63) is 315 Å². The Hall–Kier alpha value is -6.37. The van der Waals surface area contributed by atoms with Crippen molar-refractivity contribution in [1.82, 2.24) is 4.90 Å². The number of nitrogen functional groups attached to an aromatic ring is 3. The van der Waals surface area contributed by atoms with Crippen LogP contribution in [0, 0.1) is 29.1 Å². The first-order chi connectivity index (χ1) is 50.7. The normalized spacial score (nSPS) is 14.2. The van der Waals surface area contributed by atoms with Crippen LogP contribution in [-0.4, -0.2) is 45.9 Å². The molecular formula is C80H69BrCl4F5N4O6PS6Zn. The van der Waals surface area contributed by atoms with Gasteiger partial charge in [-0.3, -0.25) is 14.3 Å². The SMILES string of the molecule is C.Fc1ccc2c(c1)C(Cl)Cc1ccccc1S2.Fc1ccc2c(c1)C(N1CCCCC1)Cc1ccccc1S2.Nc1ccccc1SSc1ccccc1N.Nc1ccccc1Sc1ccc(F)cc1C(=O)O.O=C(O)c1cc(F)ccc1Br.O=C1Cc2ccccc2Sc2ccc(F)cc21.O=P(Cl)(Cl)Cl.[Zn]. The van der Waals surface area contributed by atoms with Crippen LogP contribution in [0.3, 0.4) is 0 Å². The molecule has 0 saturated carbocycles. The number of carboxylic acid groups (broad SMARTS) is 2. The minimum Gasteiger partial charge on any atom is -0.478 e. The van der Waals surface area contributed by atoms with Crippen LogP contribution < -0.4 is 17.2 Å². The maximum absolute atomic E-state index is 13.9. The smallest absolute Gasteiger partial charge is 0.339 e. The van der Waals surface area contributed by atoms with Gasteiger partial charge in [0, 0.05) is 108 Å². The van der Waals surface area contributed by atoms with Gasteiger partial charge in [0.25, 0.3) is 0 Å². The van der Waals surface area contributed by atoms with Gasteiger partial charge in [-0.1, -0.05) is 173 Å². The van der Waals surface area contributed by atoms with Crippen molar-refractivity contribution >= 4 is 170 Å². The Morgan fingerprint density at radius 1 is 0.472 bits per heavy atom. The molecule has 0 amide bonds. The van der Waals surface area contributed by atoms with E-state index >= 15 is 0 Å². The molecule has 8 N–H and O–H groups in total. The van der Waals surface area contributed by atoms with Gasteiger partial charge < -0.3 is 27.4 Å². The van der Waals surface area contributed by atoms with Gasteiger partial charge >= 0.3 is 17.1 Å². The van der Waals surface area contributed by atoms with Crippen LogP contribution in [0.2, 0.25) is 0 Å². The number of carbonyl (C=O) groups excluding carboxylic acids is 1. The van der Waals surface area contributed by atoms with E-state index in [0.29, 0.717) is 33.1 Å². The van der Waals surface area contributed by atoms with E-state index in [2.05, 4.69) is 91.0 Å². The van der Waals surface area contributed by atoms with Gasteiger partial charge in [0.2, 0.25) is 0 Å². The van der Waals surface area contributed by atoms with Gasteiger partial charge in [0.1, 0.15) is 29.1 Å². The third kappa shape index (κ3) is 27.0. The third-order valence-corrected chi connectivity index (χ3v) is 24.4. The number of likely N-dealkylation sites (tertiary alicyclic amines) is 1. The number of fused-ring (bicyclic) bond motifs is 6. The number of anilines is 3. The summed E-state index contributed by atoms with van der Waals surface area (Å²) >= 11 is 29.4. The molecule has 0 aliphatic carbocycles. The standard InChI is InChI=1S/C19H20FNS.C14H10ClFS.C14H9FOS.C13H10FNO2S.C12H12N2S2.C7H4BrFO2.CH4.Cl3OP.Zn/c20-15-8-9-19-16(13-15)17(21-10-4-1-5-11-21)12-14-6-2-3-7-18(14)22-19;15-12-7-9-3-1-2-4-13(9)17-14-6-5-10(16)8-11(12)14;15-10-5-6-14-11(8-10)12(16)7-9-3-1-2-4-13(9)17-14;14-8-5-6-11(9(7-8)13(16)17)18-12-4-2-1-3-10(12)15;13-9-5-1-3-7-11(9)15-16-12-8-4-2-6-10(12)14;8-6-2-1-4(9)3-5(6)7(10)11;;1-5(2,3)4;/h2-3,6-9,13,17H,1,4-5,10-12H2;1-6,8,12H,7H2;1-6,8H,7H2;1-7H,15H2,(H,16,17);1-8H,13-14H2;1-3H,(H,10,11);1H4;;. The van der Waals surface area contributed by atoms with E-state index in [-0.39, 0.29) is 66.6 Å². The summed E-state index contributed by atoms with van der Waals surface area (Å²) in [4.78, 5) is 46.0. The summed E-state index contributed by atoms with van der Waals surface area (Å²) < 4.78 is 75.6. The number of carbonyl (C=O) groups is 3. The monoisotopic (exact) mass is 1780 g/mol. The molecule has 108 heavy (non-hydrogen) atoms. The van der Waals surface area contributed by atoms with Crippen molar-refractivity contribution in [2.75, 3.05) is 30.3 Å². The number of ketones is 1. The van der Waals surface area contributed by atoms with E-state index < -0.39 is 28.8 Å². The number of hydrogen-bond donors (Lipinski definition) is 5. The van der Waals surface area contributed by atoms with Gasteiger partial charge in [-0.25, -0.2) is 31.5 Å². The van der Waals surface area contributed by atoms with E-state index in [9.17, 15) is 40.9 Å². The van der Waals surface area contributed by atoms with Gasteiger partial charge in [0.15, 0.2) is 5.78 Å². The quantitative estimate of drug-likeness (QED) is 0.0241. The minimum atomic E-state index is -3.22. The van der Waals surface area contributed by atoms with E-state index in [1.807, 2.05) is 103 Å². The Labute approximate surface area is 690 Å². The van der Waals surface area contributed by atoms with E-state index in [1.54, 1.807) is 87.6 Å². The van der Waals surface area contributed by atoms with Gasteiger partial charge in [0.05, 0.1) is 16.5 Å². The van der Waals surface area contributed by atoms with Crippen LogP contribution >= 0.6 is 135 Å². The number of piperidine rings is 1. The summed E-state index contributed by atoms with van der Waals surface area (Å²) in [6.45, 7) is 2.26. The number of aromatic carboxylic acids is 2. The molecule has 1 saturated heterocycles. The van der Waals surface area contributed by atoms with Crippen molar-refractivity contribution in [2.24, 2.45) is 0 Å². The first kappa shape index (κ1) is 88.8. The number of nitrogens with zero attached hydrogens (tertiary/aromatic N) is 1. The number of para-hydroxylation sites is 3. The molecule has 1 fully saturated rings. The molecule has 10 nitrogen and oxygen atoms in total. The van der Waals surface area contributed by atoms with Crippen molar-refractivity contribution in [3.63, 3.8) is 0 Å². The molecule has 0 bridgehead atoms. The van der Waals surface area contributed by atoms with E-state index in [0.717, 1.165) is 89.9 Å². The Bertz CT molecular complexity index is 4930. The molecular weight excluding hydrogens is 1720 g/mol. The van der Waals surface area contributed by atoms with Crippen LogP contribution in [0.1, 0.15) is 97.0 Å². The second-order valence-electron chi connectivity index (χ2n) is 23.4. The van der Waals surface area contributed by atoms with E-state index in [4.69, 9.17) is 39.0 Å². The summed E-state index contributed by atoms with van der Waals surface area (Å²) in [5.41, 5.74) is 25.7. The number of nitrogens with two attached hydrogens (primary N) is 3. The number of hydrogen-bond acceptors (Lipinski definition) is 14. The zero-order valence-corrected chi connectivity index (χ0v) is 69.8. The molecule has 4 heterocycles. The zero-order valence-electron chi connectivity index (χ0n) is 56.4. The number of halogens is 10. The molecule has 2 unspecified atom stereocenters. The topological polar surface area (TPSA) is 190 Å². The van der Waals surface area contributed by atoms with Crippen LogP contribution in [0.25, 0.3) is 0 Å². The summed E-state index contributed by atoms with van der Waals surface area (Å²) in [6.07, 6.45) is 5.93. The zero-order chi connectivity index (χ0) is 76.0. The molecule has 15 rings (SSSR count). The average molecular weight is 1790 g/mol. The third-order valence-electron chi connectivity index (χ3n) is 16.0. The molecule has 2 atom stereocenters. The molecule has 4 aliphatic rings. The summed E-state index contributed by atoms with van der Waals surface area (Å²) in [5, 5.41) is 14.1. The average Bonchev–Trinajstić information content (AvgIpc) is 1.64. The van der Waals surface area contributed by atoms with Crippen molar-refractivity contribution in [2.45, 2.75) is 106 Å². The fraction of sp³-hybridized carbons (Fsp3) is 0.138. The number of alkyl halides is 1. The molecule has 11 aromatic rings. The molecule has 28 heteroatoms. The van der Waals surface area contributed by atoms with Crippen LogP contribution in [0.4, 0.5) is 39.0 Å². The Balaban J connectivity index is 0.000000179. The number of Topliss-reactive ketones (excluding diaryl/α,β-unsaturated/α-hetero) is 1. The number of rotatable bonds is 8. The summed E-state index contributed by atoms with van der Waals surface area (Å²) in [5.74, 6) is -4.14. The fourth-order valence-electron chi connectivity index (χ4n) is 10.9. The van der Waals surface area contributed by atoms with Gasteiger partial charge in [-0.05, 0) is 262 Å². The predicted molar refractivity (Wildman–Crippen MR) is 438 cm³/mol. The van der Waals surface area contributed by atoms with Gasteiger partial charge in [-0.15, -0.1) is 11.6 Å². The second-order valence-corrected chi connectivity index (χ2v) is 37.9. The van der Waals surface area contributed by atoms with E-state index in [1.165, 1.54) is 117 Å². The van der Waals surface area contributed by atoms with Crippen molar-refractivity contribution in [1.29, 1.82) is 0 Å². The van der Waals surface area contributed by atoms with Crippen LogP contribution in [-0.2, 0) is 43.3 Å². The van der Waals surface area contributed by atoms with Crippen molar-refractivity contribution in [3.8, 4) is 0 Å². The largest absolute Gasteiger partial charge is 0.478 e. The molecule has 0 spiro atoms. The Kier molecular flexibility index (Phi) is 35.7. The van der Waals surface area contributed by atoms with Crippen molar-refractivity contribution < 1.29 is 70.6 Å². The van der Waals surface area contributed by atoms with Gasteiger partial charge in [-0.2, -0.15) is 0 Å². The number of carboxylic acids is 2. The fourth-order valence-corrected chi connectivity index (χ4v) is 18.3. The second kappa shape index (κ2) is 43.4. The first-order valence-electron chi connectivity index (χ1n) is 32.3. The maximum Gasteiger partial charge on any atom is 0.339 e. The molecule has 11 aromatic carbocycles. The van der Waals surface area contributed by atoms with Crippen LogP contribution in [0.5, 0.6) is 0 Å².